The number of thiophene rings is 1. The van der Waals surface area contributed by atoms with Gasteiger partial charge in [-0.3, -0.25) is 19.8 Å². The summed E-state index contributed by atoms with van der Waals surface area (Å²) in [5.74, 6) is 1.06. The van der Waals surface area contributed by atoms with Crippen LogP contribution in [0.2, 0.25) is 5.02 Å². The highest BCUT2D eigenvalue weighted by molar-refractivity contribution is 7.71. The van der Waals surface area contributed by atoms with Crippen LogP contribution in [-0.4, -0.2) is 30.2 Å². The standard InChI is InChI=1S/C17H15ClN6OS2/c1-23-12-5-4-10(18)9-11(12)19-16(23)20-14(25)6-7-24-15(21-22-17(24)26)13-3-2-8-27-13/h2-5,8-9H,6-7H2,1H3,(H,22,26)(H,19,20,25). The van der Waals surface area contributed by atoms with E-state index >= 15 is 0 Å². The molecule has 0 unspecified atom stereocenters. The first-order chi connectivity index (χ1) is 13.0. The zero-order valence-electron chi connectivity index (χ0n) is 14.3. The average molecular weight is 419 g/mol. The van der Waals surface area contributed by atoms with Gasteiger partial charge in [-0.25, -0.2) is 4.98 Å². The van der Waals surface area contributed by atoms with Crippen LogP contribution < -0.4 is 5.32 Å². The number of hydrogen-bond donors (Lipinski definition) is 2. The van der Waals surface area contributed by atoms with Gasteiger partial charge in [-0.15, -0.1) is 11.3 Å². The Morgan fingerprint density at radius 2 is 2.26 bits per heavy atom. The van der Waals surface area contributed by atoms with Crippen LogP contribution in [0.25, 0.3) is 21.7 Å². The molecule has 0 aliphatic rings. The van der Waals surface area contributed by atoms with Crippen molar-refractivity contribution < 1.29 is 4.79 Å². The SMILES string of the molecule is Cn1c(NC(=O)CCn2c(-c3cccs3)n[nH]c2=S)nc2cc(Cl)ccc21. The van der Waals surface area contributed by atoms with Gasteiger partial charge in [0.05, 0.1) is 15.9 Å². The van der Waals surface area contributed by atoms with Crippen molar-refractivity contribution in [2.75, 3.05) is 5.32 Å². The van der Waals surface area contributed by atoms with Crippen molar-refractivity contribution in [2.45, 2.75) is 13.0 Å². The zero-order valence-corrected chi connectivity index (χ0v) is 16.7. The zero-order chi connectivity index (χ0) is 19.0. The molecule has 0 saturated carbocycles. The number of fused-ring (bicyclic) bond motifs is 1. The van der Waals surface area contributed by atoms with Gasteiger partial charge in [0.25, 0.3) is 0 Å². The lowest BCUT2D eigenvalue weighted by molar-refractivity contribution is -0.116. The predicted molar refractivity (Wildman–Crippen MR) is 110 cm³/mol. The summed E-state index contributed by atoms with van der Waals surface area (Å²) in [5.41, 5.74) is 1.63. The predicted octanol–water partition coefficient (Wildman–Crippen LogP) is 4.24. The summed E-state index contributed by atoms with van der Waals surface area (Å²) in [4.78, 5) is 17.9. The highest BCUT2D eigenvalue weighted by Crippen LogP contribution is 2.24. The number of aromatic nitrogens is 5. The lowest BCUT2D eigenvalue weighted by Gasteiger charge is -2.07. The van der Waals surface area contributed by atoms with Crippen LogP contribution in [0.1, 0.15) is 6.42 Å². The Labute approximate surface area is 168 Å². The second kappa shape index (κ2) is 7.26. The molecule has 7 nitrogen and oxygen atoms in total. The minimum absolute atomic E-state index is 0.153. The maximum Gasteiger partial charge on any atom is 0.228 e. The molecule has 3 aromatic heterocycles. The van der Waals surface area contributed by atoms with E-state index in [0.29, 0.717) is 22.3 Å². The van der Waals surface area contributed by atoms with Gasteiger partial charge in [-0.05, 0) is 41.9 Å². The van der Waals surface area contributed by atoms with E-state index in [2.05, 4.69) is 20.5 Å². The average Bonchev–Trinajstić information content (AvgIpc) is 3.34. The van der Waals surface area contributed by atoms with E-state index in [-0.39, 0.29) is 12.3 Å². The molecular weight excluding hydrogens is 404 g/mol. The molecule has 10 heteroatoms. The van der Waals surface area contributed by atoms with E-state index < -0.39 is 0 Å². The third-order valence-corrected chi connectivity index (χ3v) is 5.57. The molecular formula is C17H15ClN6OS2. The quantitative estimate of drug-likeness (QED) is 0.475. The molecule has 0 atom stereocenters. The number of aromatic amines is 1. The second-order valence-electron chi connectivity index (χ2n) is 5.91. The van der Waals surface area contributed by atoms with Gasteiger partial charge < -0.3 is 4.57 Å². The third-order valence-electron chi connectivity index (χ3n) is 4.16. The number of H-pyrrole nitrogens is 1. The minimum atomic E-state index is -0.153. The van der Waals surface area contributed by atoms with E-state index in [4.69, 9.17) is 23.8 Å². The van der Waals surface area contributed by atoms with Gasteiger partial charge in [-0.1, -0.05) is 17.7 Å². The summed E-state index contributed by atoms with van der Waals surface area (Å²) in [6, 6.07) is 9.36. The van der Waals surface area contributed by atoms with Gasteiger partial charge in [0, 0.05) is 25.0 Å². The first-order valence-electron chi connectivity index (χ1n) is 8.14. The molecule has 0 bridgehead atoms. The van der Waals surface area contributed by atoms with Gasteiger partial charge in [0.2, 0.25) is 11.9 Å². The Morgan fingerprint density at radius 1 is 1.41 bits per heavy atom. The molecule has 1 amide bonds. The Bertz CT molecular complexity index is 1170. The molecule has 4 aromatic rings. The third kappa shape index (κ3) is 3.53. The topological polar surface area (TPSA) is 80.5 Å². The number of nitrogens with zero attached hydrogens (tertiary/aromatic N) is 4. The van der Waals surface area contributed by atoms with Crippen LogP contribution in [0.3, 0.4) is 0 Å². The number of carbonyl (C=O) groups is 1. The molecule has 1 aromatic carbocycles. The van der Waals surface area contributed by atoms with Gasteiger partial charge in [-0.2, -0.15) is 5.10 Å². The van der Waals surface area contributed by atoms with Crippen LogP contribution in [0.4, 0.5) is 5.95 Å². The van der Waals surface area contributed by atoms with Crippen molar-refractivity contribution >= 4 is 58.0 Å². The number of rotatable bonds is 5. The smallest absolute Gasteiger partial charge is 0.228 e. The normalized spacial score (nSPS) is 11.2. The summed E-state index contributed by atoms with van der Waals surface area (Å²) >= 11 is 12.9. The molecule has 0 aliphatic carbocycles. The van der Waals surface area contributed by atoms with Crippen molar-refractivity contribution in [1.82, 2.24) is 24.3 Å². The first-order valence-corrected chi connectivity index (χ1v) is 9.80. The van der Waals surface area contributed by atoms with Crippen LogP contribution in [0, 0.1) is 4.77 Å². The van der Waals surface area contributed by atoms with Crippen LogP contribution in [-0.2, 0) is 18.4 Å². The maximum atomic E-state index is 12.4. The molecule has 0 radical (unpaired) electrons. The van der Waals surface area contributed by atoms with Crippen LogP contribution in [0.5, 0.6) is 0 Å². The molecule has 138 valence electrons. The van der Waals surface area contributed by atoms with Crippen molar-refractivity contribution in [3.8, 4) is 10.7 Å². The summed E-state index contributed by atoms with van der Waals surface area (Å²) in [7, 11) is 1.85. The Balaban J connectivity index is 1.49. The number of halogens is 1. The Morgan fingerprint density at radius 3 is 3.04 bits per heavy atom. The summed E-state index contributed by atoms with van der Waals surface area (Å²) < 4.78 is 4.14. The molecule has 0 saturated heterocycles. The van der Waals surface area contributed by atoms with E-state index in [1.807, 2.05) is 39.8 Å². The van der Waals surface area contributed by atoms with Crippen LogP contribution in [0.15, 0.2) is 35.7 Å². The van der Waals surface area contributed by atoms with Crippen molar-refractivity contribution in [3.63, 3.8) is 0 Å². The molecule has 4 rings (SSSR count). The summed E-state index contributed by atoms with van der Waals surface area (Å²) in [6.45, 7) is 0.421. The number of carbonyl (C=O) groups excluding carboxylic acids is 1. The van der Waals surface area contributed by atoms with Gasteiger partial charge in [0.15, 0.2) is 10.6 Å². The Hall–Kier alpha value is -2.49. The minimum Gasteiger partial charge on any atom is -0.313 e. The number of anilines is 1. The molecule has 3 heterocycles. The molecule has 0 aliphatic heterocycles. The molecule has 27 heavy (non-hydrogen) atoms. The van der Waals surface area contributed by atoms with E-state index in [1.54, 1.807) is 23.5 Å². The first kappa shape index (κ1) is 17.9. The van der Waals surface area contributed by atoms with Crippen molar-refractivity contribution in [2.24, 2.45) is 7.05 Å². The van der Waals surface area contributed by atoms with Crippen LogP contribution >= 0.6 is 35.2 Å². The molecule has 0 fully saturated rings. The second-order valence-corrected chi connectivity index (χ2v) is 7.68. The molecule has 0 spiro atoms. The van der Waals surface area contributed by atoms with Gasteiger partial charge >= 0.3 is 0 Å². The summed E-state index contributed by atoms with van der Waals surface area (Å²) in [5, 5.41) is 12.5. The number of hydrogen-bond acceptors (Lipinski definition) is 5. The fourth-order valence-electron chi connectivity index (χ4n) is 2.80. The summed E-state index contributed by atoms with van der Waals surface area (Å²) in [6.07, 6.45) is 0.246. The molecule has 2 N–H and O–H groups in total. The lowest BCUT2D eigenvalue weighted by Crippen LogP contribution is -2.17. The monoisotopic (exact) mass is 418 g/mol. The highest BCUT2D eigenvalue weighted by atomic mass is 35.5. The number of nitrogens with one attached hydrogen (secondary N) is 2. The van der Waals surface area contributed by atoms with Crippen molar-refractivity contribution in [3.05, 3.63) is 45.5 Å². The van der Waals surface area contributed by atoms with E-state index in [1.165, 1.54) is 0 Å². The Kier molecular flexibility index (Phi) is 4.81. The fraction of sp³-hybridized carbons (Fsp3) is 0.176. The highest BCUT2D eigenvalue weighted by Gasteiger charge is 2.14. The fourth-order valence-corrected chi connectivity index (χ4v) is 3.92. The number of amides is 1. The lowest BCUT2D eigenvalue weighted by atomic mass is 10.3. The number of aryl methyl sites for hydroxylation is 1. The van der Waals surface area contributed by atoms with E-state index in [9.17, 15) is 4.79 Å². The van der Waals surface area contributed by atoms with Gasteiger partial charge in [0.1, 0.15) is 0 Å². The number of benzene rings is 1. The largest absolute Gasteiger partial charge is 0.313 e. The number of imidazole rings is 1. The van der Waals surface area contributed by atoms with Crippen molar-refractivity contribution in [1.29, 1.82) is 0 Å². The maximum absolute atomic E-state index is 12.4. The van der Waals surface area contributed by atoms with E-state index in [0.717, 1.165) is 21.7 Å².